The van der Waals surface area contributed by atoms with Gasteiger partial charge in [-0.25, -0.2) is 4.79 Å². The summed E-state index contributed by atoms with van der Waals surface area (Å²) >= 11 is 0. The van der Waals surface area contributed by atoms with E-state index in [1.54, 1.807) is 13.0 Å². The van der Waals surface area contributed by atoms with Gasteiger partial charge in [0.05, 0.1) is 12.1 Å². The molecule has 0 saturated heterocycles. The van der Waals surface area contributed by atoms with Gasteiger partial charge in [-0.2, -0.15) is 0 Å². The Bertz CT molecular complexity index is 412. The zero-order valence-electron chi connectivity index (χ0n) is 8.75. The molecule has 2 unspecified atom stereocenters. The van der Waals surface area contributed by atoms with Gasteiger partial charge >= 0.3 is 13.2 Å². The van der Waals surface area contributed by atoms with E-state index >= 15 is 0 Å². The minimum atomic E-state index is -1.10. The topological polar surface area (TPSA) is 78.8 Å². The fourth-order valence-corrected chi connectivity index (χ4v) is 1.94. The molecule has 16 heavy (non-hydrogen) atoms. The van der Waals surface area contributed by atoms with Crippen molar-refractivity contribution in [2.24, 2.45) is 0 Å². The normalized spacial score (nSPS) is 20.4. The van der Waals surface area contributed by atoms with E-state index < -0.39 is 25.4 Å². The Balaban J connectivity index is 2.23. The quantitative estimate of drug-likeness (QED) is 0.619. The third-order valence-corrected chi connectivity index (χ3v) is 2.65. The highest BCUT2D eigenvalue weighted by Crippen LogP contribution is 2.26. The first-order valence-electron chi connectivity index (χ1n) is 5.01. The van der Waals surface area contributed by atoms with Gasteiger partial charge in [0, 0.05) is 0 Å². The van der Waals surface area contributed by atoms with Gasteiger partial charge in [0.2, 0.25) is 0 Å². The number of benzene rings is 1. The average molecular weight is 221 g/mol. The average Bonchev–Trinajstić information content (AvgIpc) is 2.56. The van der Waals surface area contributed by atoms with Crippen LogP contribution in [0.4, 0.5) is 4.79 Å². The van der Waals surface area contributed by atoms with E-state index in [1.807, 2.05) is 18.2 Å². The summed E-state index contributed by atoms with van der Waals surface area (Å²) in [6, 6.07) is 6.84. The van der Waals surface area contributed by atoms with Crippen LogP contribution in [0.1, 0.15) is 18.6 Å². The molecular formula is C10H12BNO4. The van der Waals surface area contributed by atoms with E-state index in [0.29, 0.717) is 5.46 Å². The summed E-state index contributed by atoms with van der Waals surface area (Å²) in [6.45, 7) is 1.70. The van der Waals surface area contributed by atoms with Crippen molar-refractivity contribution in [2.45, 2.75) is 19.1 Å². The Labute approximate surface area is 93.2 Å². The van der Waals surface area contributed by atoms with Crippen molar-refractivity contribution in [1.29, 1.82) is 0 Å². The molecule has 0 aliphatic carbocycles. The molecule has 0 fully saturated rings. The molecular weight excluding hydrogens is 209 g/mol. The Kier molecular flexibility index (Phi) is 2.85. The number of amides is 1. The summed E-state index contributed by atoms with van der Waals surface area (Å²) in [7, 11) is -0.973. The molecule has 2 rings (SSSR count). The maximum absolute atomic E-state index is 10.5. The molecule has 0 saturated carbocycles. The van der Waals surface area contributed by atoms with Crippen LogP contribution in [0.2, 0.25) is 0 Å². The van der Waals surface area contributed by atoms with E-state index in [2.05, 4.69) is 5.32 Å². The van der Waals surface area contributed by atoms with Gasteiger partial charge in [-0.1, -0.05) is 24.3 Å². The van der Waals surface area contributed by atoms with Crippen molar-refractivity contribution in [3.05, 3.63) is 29.8 Å². The lowest BCUT2D eigenvalue weighted by molar-refractivity contribution is 0.139. The molecule has 1 aromatic carbocycles. The smallest absolute Gasteiger partial charge is 0.465 e. The Morgan fingerprint density at radius 1 is 1.56 bits per heavy atom. The summed E-state index contributed by atoms with van der Waals surface area (Å²) in [5, 5.41) is 20.6. The van der Waals surface area contributed by atoms with Crippen molar-refractivity contribution in [1.82, 2.24) is 5.32 Å². The van der Waals surface area contributed by atoms with Gasteiger partial charge in [0.15, 0.2) is 0 Å². The van der Waals surface area contributed by atoms with E-state index in [1.165, 1.54) is 0 Å². The summed E-state index contributed by atoms with van der Waals surface area (Å²) in [4.78, 5) is 10.5. The number of carboxylic acid groups (broad SMARTS) is 1. The standard InChI is InChI=1S/C10H12BNO4/c1-6(12-10(13)14)9-7-4-2-3-5-8(7)11(15)16-9/h2-6,9,12,15H,1H3,(H,13,14). The number of hydrogen-bond acceptors (Lipinski definition) is 3. The molecule has 5 nitrogen and oxygen atoms in total. The van der Waals surface area contributed by atoms with E-state index in [0.717, 1.165) is 5.56 Å². The van der Waals surface area contributed by atoms with Crippen LogP contribution < -0.4 is 10.8 Å². The van der Waals surface area contributed by atoms with Crippen LogP contribution >= 0.6 is 0 Å². The predicted molar refractivity (Wildman–Crippen MR) is 58.5 cm³/mol. The Morgan fingerprint density at radius 3 is 2.94 bits per heavy atom. The molecule has 0 radical (unpaired) electrons. The van der Waals surface area contributed by atoms with Gasteiger partial charge in [-0.3, -0.25) is 0 Å². The largest absolute Gasteiger partial charge is 0.492 e. The zero-order chi connectivity index (χ0) is 11.7. The van der Waals surface area contributed by atoms with Crippen LogP contribution in [-0.4, -0.2) is 29.4 Å². The lowest BCUT2D eigenvalue weighted by Gasteiger charge is -2.20. The van der Waals surface area contributed by atoms with Gasteiger partial charge in [0.1, 0.15) is 0 Å². The first-order chi connectivity index (χ1) is 7.59. The van der Waals surface area contributed by atoms with Crippen LogP contribution in [0.5, 0.6) is 0 Å². The van der Waals surface area contributed by atoms with Crippen molar-refractivity contribution < 1.29 is 19.6 Å². The first-order valence-corrected chi connectivity index (χ1v) is 5.01. The monoisotopic (exact) mass is 221 g/mol. The van der Waals surface area contributed by atoms with E-state index in [-0.39, 0.29) is 0 Å². The third-order valence-electron chi connectivity index (χ3n) is 2.65. The first kappa shape index (κ1) is 11.0. The zero-order valence-corrected chi connectivity index (χ0v) is 8.75. The van der Waals surface area contributed by atoms with Gasteiger partial charge < -0.3 is 20.1 Å². The van der Waals surface area contributed by atoms with Crippen LogP contribution in [0.15, 0.2) is 24.3 Å². The molecule has 0 bridgehead atoms. The van der Waals surface area contributed by atoms with Crippen LogP contribution in [0, 0.1) is 0 Å². The maximum Gasteiger partial charge on any atom is 0.492 e. The van der Waals surface area contributed by atoms with Crippen molar-refractivity contribution in [3.8, 4) is 0 Å². The molecule has 1 aromatic rings. The molecule has 3 N–H and O–H groups in total. The fraction of sp³-hybridized carbons (Fsp3) is 0.300. The minimum Gasteiger partial charge on any atom is -0.465 e. The van der Waals surface area contributed by atoms with Gasteiger partial charge in [-0.15, -0.1) is 0 Å². The van der Waals surface area contributed by atoms with Crippen LogP contribution in [0.3, 0.4) is 0 Å². The maximum atomic E-state index is 10.5. The number of nitrogens with one attached hydrogen (secondary N) is 1. The highest BCUT2D eigenvalue weighted by molar-refractivity contribution is 6.61. The predicted octanol–water partition coefficient (Wildman–Crippen LogP) is 0.101. The minimum absolute atomic E-state index is 0.407. The molecule has 6 heteroatoms. The summed E-state index contributed by atoms with van der Waals surface area (Å²) < 4.78 is 5.32. The number of hydrogen-bond donors (Lipinski definition) is 3. The molecule has 0 spiro atoms. The SMILES string of the molecule is CC(NC(=O)O)C1OB(O)c2ccccc21. The highest BCUT2D eigenvalue weighted by atomic mass is 16.5. The fourth-order valence-electron chi connectivity index (χ4n) is 1.94. The number of carbonyl (C=O) groups is 1. The van der Waals surface area contributed by atoms with Crippen molar-refractivity contribution >= 4 is 18.7 Å². The second-order valence-corrected chi connectivity index (χ2v) is 3.78. The highest BCUT2D eigenvalue weighted by Gasteiger charge is 2.37. The lowest BCUT2D eigenvalue weighted by Crippen LogP contribution is -2.36. The molecule has 1 amide bonds. The number of fused-ring (bicyclic) bond motifs is 1. The summed E-state index contributed by atoms with van der Waals surface area (Å²) in [5.41, 5.74) is 1.53. The molecule has 1 aliphatic heterocycles. The van der Waals surface area contributed by atoms with Gasteiger partial charge in [0.25, 0.3) is 0 Å². The molecule has 1 aliphatic rings. The van der Waals surface area contributed by atoms with Crippen LogP contribution in [-0.2, 0) is 4.65 Å². The lowest BCUT2D eigenvalue weighted by atomic mass is 9.79. The summed E-state index contributed by atoms with van der Waals surface area (Å²) in [5.74, 6) is 0. The second kappa shape index (κ2) is 4.15. The summed E-state index contributed by atoms with van der Waals surface area (Å²) in [6.07, 6.45) is -1.54. The molecule has 1 heterocycles. The molecule has 84 valence electrons. The Morgan fingerprint density at radius 2 is 2.25 bits per heavy atom. The van der Waals surface area contributed by atoms with E-state index in [4.69, 9.17) is 9.76 Å². The van der Waals surface area contributed by atoms with Crippen LogP contribution in [0.25, 0.3) is 0 Å². The third kappa shape index (κ3) is 1.89. The Hall–Kier alpha value is -1.53. The second-order valence-electron chi connectivity index (χ2n) is 3.78. The van der Waals surface area contributed by atoms with Crippen molar-refractivity contribution in [3.63, 3.8) is 0 Å². The molecule has 0 aromatic heterocycles. The number of rotatable bonds is 2. The van der Waals surface area contributed by atoms with Crippen molar-refractivity contribution in [2.75, 3.05) is 0 Å². The van der Waals surface area contributed by atoms with E-state index in [9.17, 15) is 9.82 Å². The molecule has 2 atom stereocenters. The van der Waals surface area contributed by atoms with Gasteiger partial charge in [-0.05, 0) is 17.9 Å².